The summed E-state index contributed by atoms with van der Waals surface area (Å²) in [4.78, 5) is 11.7. The van der Waals surface area contributed by atoms with Gasteiger partial charge in [0.25, 0.3) is 0 Å². The summed E-state index contributed by atoms with van der Waals surface area (Å²) in [6.45, 7) is 4.49. The van der Waals surface area contributed by atoms with E-state index in [0.717, 1.165) is 18.4 Å². The van der Waals surface area contributed by atoms with E-state index in [0.29, 0.717) is 6.54 Å². The van der Waals surface area contributed by atoms with Gasteiger partial charge in [0, 0.05) is 12.1 Å². The van der Waals surface area contributed by atoms with Crippen LogP contribution in [0.5, 0.6) is 0 Å². The normalized spacial score (nSPS) is 11.3. The number of hydrogen-bond acceptors (Lipinski definition) is 2. The molecule has 0 bridgehead atoms. The second-order valence-electron chi connectivity index (χ2n) is 4.65. The first-order chi connectivity index (χ1) is 8.49. The molecule has 0 radical (unpaired) electrons. The van der Waals surface area contributed by atoms with Gasteiger partial charge in [-0.05, 0) is 30.5 Å². The Kier molecular flexibility index (Phi) is 5.28. The SMILES string of the molecule is CCC(N)(CC)CNC(=O)Cc1ccc(F)cc1. The number of carbonyl (C=O) groups is 1. The third-order valence-corrected chi connectivity index (χ3v) is 3.32. The van der Waals surface area contributed by atoms with Gasteiger partial charge < -0.3 is 11.1 Å². The smallest absolute Gasteiger partial charge is 0.224 e. The number of nitrogens with one attached hydrogen (secondary N) is 1. The molecule has 3 N–H and O–H groups in total. The maximum atomic E-state index is 12.7. The molecule has 100 valence electrons. The molecule has 18 heavy (non-hydrogen) atoms. The Hall–Kier alpha value is -1.42. The molecule has 0 heterocycles. The minimum absolute atomic E-state index is 0.0849. The molecular formula is C14H21FN2O. The molecular weight excluding hydrogens is 231 g/mol. The summed E-state index contributed by atoms with van der Waals surface area (Å²) in [5.74, 6) is -0.379. The van der Waals surface area contributed by atoms with Gasteiger partial charge in [0.2, 0.25) is 5.91 Å². The van der Waals surface area contributed by atoms with Crippen LogP contribution >= 0.6 is 0 Å². The van der Waals surface area contributed by atoms with Crippen molar-refractivity contribution in [2.75, 3.05) is 6.54 Å². The zero-order chi connectivity index (χ0) is 13.6. The third kappa shape index (κ3) is 4.45. The predicted molar refractivity (Wildman–Crippen MR) is 70.6 cm³/mol. The topological polar surface area (TPSA) is 55.1 Å². The van der Waals surface area contributed by atoms with E-state index in [1.54, 1.807) is 12.1 Å². The van der Waals surface area contributed by atoms with E-state index in [9.17, 15) is 9.18 Å². The number of amides is 1. The van der Waals surface area contributed by atoms with Crippen LogP contribution in [0.4, 0.5) is 4.39 Å². The molecule has 0 aliphatic rings. The van der Waals surface area contributed by atoms with Crippen molar-refractivity contribution >= 4 is 5.91 Å². The minimum Gasteiger partial charge on any atom is -0.354 e. The Morgan fingerprint density at radius 1 is 1.28 bits per heavy atom. The fourth-order valence-corrected chi connectivity index (χ4v) is 1.62. The molecule has 0 atom stereocenters. The van der Waals surface area contributed by atoms with Gasteiger partial charge in [0.1, 0.15) is 5.82 Å². The highest BCUT2D eigenvalue weighted by atomic mass is 19.1. The van der Waals surface area contributed by atoms with Crippen molar-refractivity contribution < 1.29 is 9.18 Å². The fraction of sp³-hybridized carbons (Fsp3) is 0.500. The predicted octanol–water partition coefficient (Wildman–Crippen LogP) is 2.00. The van der Waals surface area contributed by atoms with E-state index in [1.807, 2.05) is 13.8 Å². The number of halogens is 1. The number of hydrogen-bond donors (Lipinski definition) is 2. The summed E-state index contributed by atoms with van der Waals surface area (Å²) in [6.07, 6.45) is 1.89. The molecule has 0 unspecified atom stereocenters. The van der Waals surface area contributed by atoms with Crippen LogP contribution in [0.15, 0.2) is 24.3 Å². The third-order valence-electron chi connectivity index (χ3n) is 3.32. The fourth-order valence-electron chi connectivity index (χ4n) is 1.62. The Balaban J connectivity index is 2.45. The van der Waals surface area contributed by atoms with E-state index >= 15 is 0 Å². The van der Waals surface area contributed by atoms with Crippen LogP contribution in [0.1, 0.15) is 32.3 Å². The maximum absolute atomic E-state index is 12.7. The summed E-state index contributed by atoms with van der Waals surface area (Å²) in [7, 11) is 0. The molecule has 4 heteroatoms. The van der Waals surface area contributed by atoms with Gasteiger partial charge in [-0.15, -0.1) is 0 Å². The number of benzene rings is 1. The van der Waals surface area contributed by atoms with Gasteiger partial charge >= 0.3 is 0 Å². The summed E-state index contributed by atoms with van der Waals surface area (Å²) < 4.78 is 12.7. The Bertz CT molecular complexity index is 385. The van der Waals surface area contributed by atoms with Crippen molar-refractivity contribution in [3.05, 3.63) is 35.6 Å². The molecule has 0 aliphatic heterocycles. The second-order valence-corrected chi connectivity index (χ2v) is 4.65. The van der Waals surface area contributed by atoms with Crippen LogP contribution in [-0.2, 0) is 11.2 Å². The lowest BCUT2D eigenvalue weighted by atomic mass is 9.94. The van der Waals surface area contributed by atoms with Crippen molar-refractivity contribution in [3.8, 4) is 0 Å². The first-order valence-electron chi connectivity index (χ1n) is 6.29. The van der Waals surface area contributed by atoms with Crippen LogP contribution in [0, 0.1) is 5.82 Å². The van der Waals surface area contributed by atoms with E-state index in [2.05, 4.69) is 5.32 Å². The molecule has 0 spiro atoms. The average molecular weight is 252 g/mol. The molecule has 0 saturated carbocycles. The molecule has 0 fully saturated rings. The van der Waals surface area contributed by atoms with Gasteiger partial charge in [-0.2, -0.15) is 0 Å². The standard InChI is InChI=1S/C14H21FN2O/c1-3-14(16,4-2)10-17-13(18)9-11-5-7-12(15)8-6-11/h5-8H,3-4,9-10,16H2,1-2H3,(H,17,18). The van der Waals surface area contributed by atoms with E-state index in [1.165, 1.54) is 12.1 Å². The van der Waals surface area contributed by atoms with Gasteiger partial charge in [-0.1, -0.05) is 26.0 Å². The van der Waals surface area contributed by atoms with Crippen molar-refractivity contribution in [1.29, 1.82) is 0 Å². The van der Waals surface area contributed by atoms with Gasteiger partial charge in [-0.3, -0.25) is 4.79 Å². The summed E-state index contributed by atoms with van der Waals surface area (Å²) in [6, 6.07) is 5.94. The molecule has 3 nitrogen and oxygen atoms in total. The average Bonchev–Trinajstić information content (AvgIpc) is 2.39. The van der Waals surface area contributed by atoms with Crippen LogP contribution < -0.4 is 11.1 Å². The minimum atomic E-state index is -0.335. The molecule has 0 saturated heterocycles. The first kappa shape index (κ1) is 14.6. The molecule has 1 aromatic carbocycles. The molecule has 1 rings (SSSR count). The van der Waals surface area contributed by atoms with Crippen molar-refractivity contribution in [2.45, 2.75) is 38.6 Å². The zero-order valence-electron chi connectivity index (χ0n) is 11.0. The highest BCUT2D eigenvalue weighted by Crippen LogP contribution is 2.09. The Labute approximate surface area is 108 Å². The first-order valence-corrected chi connectivity index (χ1v) is 6.29. The maximum Gasteiger partial charge on any atom is 0.224 e. The summed E-state index contributed by atoms with van der Waals surface area (Å²) in [5.41, 5.74) is 6.55. The Morgan fingerprint density at radius 3 is 2.33 bits per heavy atom. The van der Waals surface area contributed by atoms with Crippen LogP contribution in [-0.4, -0.2) is 18.0 Å². The van der Waals surface area contributed by atoms with Crippen molar-refractivity contribution in [3.63, 3.8) is 0 Å². The zero-order valence-corrected chi connectivity index (χ0v) is 11.0. The van der Waals surface area contributed by atoms with Crippen LogP contribution in [0.25, 0.3) is 0 Å². The lowest BCUT2D eigenvalue weighted by molar-refractivity contribution is -0.120. The Morgan fingerprint density at radius 2 is 1.83 bits per heavy atom. The van der Waals surface area contributed by atoms with Crippen molar-refractivity contribution in [1.82, 2.24) is 5.32 Å². The summed E-state index contributed by atoms with van der Waals surface area (Å²) in [5, 5.41) is 2.83. The van der Waals surface area contributed by atoms with E-state index in [-0.39, 0.29) is 23.7 Å². The molecule has 1 amide bonds. The molecule has 0 aromatic heterocycles. The van der Waals surface area contributed by atoms with Gasteiger partial charge in [0.05, 0.1) is 6.42 Å². The highest BCUT2D eigenvalue weighted by Gasteiger charge is 2.20. The monoisotopic (exact) mass is 252 g/mol. The van der Waals surface area contributed by atoms with Gasteiger partial charge in [0.15, 0.2) is 0 Å². The molecule has 0 aliphatic carbocycles. The molecule has 1 aromatic rings. The van der Waals surface area contributed by atoms with Gasteiger partial charge in [-0.25, -0.2) is 4.39 Å². The number of rotatable bonds is 6. The van der Waals surface area contributed by atoms with Crippen LogP contribution in [0.2, 0.25) is 0 Å². The van der Waals surface area contributed by atoms with Crippen LogP contribution in [0.3, 0.4) is 0 Å². The largest absolute Gasteiger partial charge is 0.354 e. The number of nitrogens with two attached hydrogens (primary N) is 1. The quantitative estimate of drug-likeness (QED) is 0.813. The van der Waals surface area contributed by atoms with E-state index < -0.39 is 0 Å². The summed E-state index contributed by atoms with van der Waals surface area (Å²) >= 11 is 0. The van der Waals surface area contributed by atoms with E-state index in [4.69, 9.17) is 5.73 Å². The lowest BCUT2D eigenvalue weighted by Crippen LogP contribution is -2.49. The lowest BCUT2D eigenvalue weighted by Gasteiger charge is -2.26. The number of carbonyl (C=O) groups excluding carboxylic acids is 1. The highest BCUT2D eigenvalue weighted by molar-refractivity contribution is 5.78. The van der Waals surface area contributed by atoms with Crippen molar-refractivity contribution in [2.24, 2.45) is 5.73 Å². The second kappa shape index (κ2) is 6.50.